The molecule has 2 aliphatic carbocycles. The van der Waals surface area contributed by atoms with E-state index in [1.165, 1.54) is 12.1 Å². The minimum atomic E-state index is -0.845. The summed E-state index contributed by atoms with van der Waals surface area (Å²) in [5.74, 6) is -0.329. The van der Waals surface area contributed by atoms with E-state index in [-0.39, 0.29) is 34.7 Å². The number of ether oxygens (including phenoxy) is 2. The number of aromatic hydroxyl groups is 1. The number of hydrogen-bond donors (Lipinski definition) is 2. The number of epoxide rings is 1. The first-order valence-electron chi connectivity index (χ1n) is 9.98. The van der Waals surface area contributed by atoms with E-state index in [1.807, 2.05) is 0 Å². The van der Waals surface area contributed by atoms with Crippen LogP contribution in [0.25, 0.3) is 0 Å². The fourth-order valence-corrected chi connectivity index (χ4v) is 5.63. The van der Waals surface area contributed by atoms with E-state index in [0.717, 1.165) is 19.3 Å². The van der Waals surface area contributed by atoms with Crippen molar-refractivity contribution in [3.63, 3.8) is 0 Å². The van der Waals surface area contributed by atoms with Gasteiger partial charge in [0.25, 0.3) is 0 Å². The molecular formula is C22H30O5. The zero-order valence-corrected chi connectivity index (χ0v) is 16.6. The molecule has 0 spiro atoms. The molecule has 1 aromatic rings. The number of carbonyl (C=O) groups is 1. The van der Waals surface area contributed by atoms with Crippen LogP contribution in [0.1, 0.15) is 63.7 Å². The number of benzene rings is 1. The van der Waals surface area contributed by atoms with Crippen molar-refractivity contribution >= 4 is 5.97 Å². The molecular weight excluding hydrogens is 344 g/mol. The second-order valence-electron chi connectivity index (χ2n) is 9.60. The summed E-state index contributed by atoms with van der Waals surface area (Å²) in [5, 5.41) is 21.0. The third-order valence-electron chi connectivity index (χ3n) is 7.41. The van der Waals surface area contributed by atoms with Crippen molar-refractivity contribution in [3.8, 4) is 5.75 Å². The van der Waals surface area contributed by atoms with Crippen molar-refractivity contribution in [2.24, 2.45) is 17.3 Å². The first-order chi connectivity index (χ1) is 12.6. The third kappa shape index (κ3) is 2.95. The van der Waals surface area contributed by atoms with Crippen LogP contribution in [0.2, 0.25) is 0 Å². The zero-order valence-electron chi connectivity index (χ0n) is 16.6. The number of carbonyl (C=O) groups excluding carboxylic acids is 1. The molecule has 0 radical (unpaired) electrons. The Labute approximate surface area is 160 Å². The Morgan fingerprint density at radius 2 is 1.85 bits per heavy atom. The van der Waals surface area contributed by atoms with Gasteiger partial charge in [0.2, 0.25) is 0 Å². The number of hydrogen-bond acceptors (Lipinski definition) is 5. The van der Waals surface area contributed by atoms with Crippen LogP contribution >= 0.6 is 0 Å². The highest BCUT2D eigenvalue weighted by atomic mass is 16.6. The molecule has 0 amide bonds. The topological polar surface area (TPSA) is 79.3 Å². The van der Waals surface area contributed by atoms with E-state index in [0.29, 0.717) is 12.0 Å². The number of fused-ring (bicyclic) bond motifs is 2. The van der Waals surface area contributed by atoms with Gasteiger partial charge in [-0.2, -0.15) is 0 Å². The number of phenolic OH excluding ortho intramolecular Hbond substituents is 1. The summed E-state index contributed by atoms with van der Waals surface area (Å²) >= 11 is 0. The van der Waals surface area contributed by atoms with E-state index >= 15 is 0 Å². The Balaban J connectivity index is 1.67. The fraction of sp³-hybridized carbons (Fsp3) is 0.682. The van der Waals surface area contributed by atoms with Crippen LogP contribution < -0.4 is 0 Å². The van der Waals surface area contributed by atoms with E-state index < -0.39 is 17.7 Å². The number of aliphatic hydroxyl groups is 1. The molecule has 0 bridgehead atoms. The molecule has 2 saturated carbocycles. The maximum Gasteiger partial charge on any atom is 0.338 e. The molecule has 2 N–H and O–H groups in total. The molecule has 27 heavy (non-hydrogen) atoms. The maximum atomic E-state index is 12.8. The standard InChI is InChI=1S/C22H30O5/c1-13(2)22(25)10-9-20(3)12-17-21(4,27-17)11-16(18(20)22)26-19(24)14-5-7-15(23)8-6-14/h5-8,13,16-18,23,25H,9-12H2,1-4H3/t16-,17+,18-,20+,21+,22+/m1/s1. The van der Waals surface area contributed by atoms with Gasteiger partial charge in [0.1, 0.15) is 11.9 Å². The SMILES string of the molecule is CC(C)[C@@]1(O)CC[C@@]2(C)C[C@@H]3O[C@@]3(C)C[C@@H](OC(=O)c3ccc(O)cc3)[C@H]21. The second kappa shape index (κ2) is 5.95. The molecule has 5 nitrogen and oxygen atoms in total. The molecule has 3 aliphatic rings. The van der Waals surface area contributed by atoms with Crippen LogP contribution in [-0.4, -0.2) is 39.6 Å². The van der Waals surface area contributed by atoms with E-state index in [4.69, 9.17) is 9.47 Å². The lowest BCUT2D eigenvalue weighted by Crippen LogP contribution is -2.50. The van der Waals surface area contributed by atoms with Crippen LogP contribution in [-0.2, 0) is 9.47 Å². The lowest BCUT2D eigenvalue weighted by Gasteiger charge is -2.44. The van der Waals surface area contributed by atoms with Crippen molar-refractivity contribution in [2.75, 3.05) is 0 Å². The molecule has 1 heterocycles. The molecule has 3 fully saturated rings. The summed E-state index contributed by atoms with van der Waals surface area (Å²) in [6, 6.07) is 6.09. The first kappa shape index (κ1) is 18.8. The number of phenols is 1. The Hall–Kier alpha value is -1.59. The van der Waals surface area contributed by atoms with Gasteiger partial charge >= 0.3 is 5.97 Å². The minimum absolute atomic E-state index is 0.0855. The Morgan fingerprint density at radius 3 is 2.48 bits per heavy atom. The van der Waals surface area contributed by atoms with Crippen molar-refractivity contribution in [3.05, 3.63) is 29.8 Å². The van der Waals surface area contributed by atoms with Crippen molar-refractivity contribution < 1.29 is 24.5 Å². The summed E-state index contributed by atoms with van der Waals surface area (Å²) in [6.07, 6.45) is 2.92. The Bertz CT molecular complexity index is 744. The highest BCUT2D eigenvalue weighted by molar-refractivity contribution is 5.89. The van der Waals surface area contributed by atoms with Gasteiger partial charge in [-0.3, -0.25) is 0 Å². The van der Waals surface area contributed by atoms with Crippen molar-refractivity contribution in [1.29, 1.82) is 0 Å². The molecule has 1 aliphatic heterocycles. The lowest BCUT2D eigenvalue weighted by atomic mass is 9.67. The third-order valence-corrected chi connectivity index (χ3v) is 7.41. The first-order valence-corrected chi connectivity index (χ1v) is 9.98. The largest absolute Gasteiger partial charge is 0.508 e. The number of rotatable bonds is 3. The van der Waals surface area contributed by atoms with Crippen LogP contribution in [0.3, 0.4) is 0 Å². The van der Waals surface area contributed by atoms with Gasteiger partial charge in [0, 0.05) is 12.3 Å². The average Bonchev–Trinajstić information content (AvgIpc) is 3.12. The average molecular weight is 374 g/mol. The summed E-state index contributed by atoms with van der Waals surface area (Å²) in [4.78, 5) is 12.8. The van der Waals surface area contributed by atoms with Gasteiger partial charge < -0.3 is 19.7 Å². The van der Waals surface area contributed by atoms with E-state index in [2.05, 4.69) is 27.7 Å². The normalized spacial score (nSPS) is 43.0. The quantitative estimate of drug-likeness (QED) is 0.623. The van der Waals surface area contributed by atoms with Crippen LogP contribution in [0.4, 0.5) is 0 Å². The van der Waals surface area contributed by atoms with Gasteiger partial charge in [0.05, 0.1) is 22.9 Å². The summed E-state index contributed by atoms with van der Waals surface area (Å²) in [6.45, 7) is 8.40. The van der Waals surface area contributed by atoms with E-state index in [1.54, 1.807) is 12.1 Å². The highest BCUT2D eigenvalue weighted by Crippen LogP contribution is 2.63. The minimum Gasteiger partial charge on any atom is -0.508 e. The molecule has 4 rings (SSSR count). The fourth-order valence-electron chi connectivity index (χ4n) is 5.63. The second-order valence-corrected chi connectivity index (χ2v) is 9.60. The van der Waals surface area contributed by atoms with E-state index in [9.17, 15) is 15.0 Å². The van der Waals surface area contributed by atoms with Crippen LogP contribution in [0, 0.1) is 17.3 Å². The molecule has 6 atom stereocenters. The molecule has 5 heteroatoms. The molecule has 0 aromatic heterocycles. The molecule has 148 valence electrons. The molecule has 1 saturated heterocycles. The van der Waals surface area contributed by atoms with Gasteiger partial charge in [-0.05, 0) is 61.8 Å². The smallest absolute Gasteiger partial charge is 0.338 e. The maximum absolute atomic E-state index is 12.8. The highest BCUT2D eigenvalue weighted by Gasteiger charge is 2.68. The monoisotopic (exact) mass is 374 g/mol. The van der Waals surface area contributed by atoms with Gasteiger partial charge in [-0.25, -0.2) is 4.79 Å². The molecule has 1 aromatic carbocycles. The zero-order chi connectivity index (χ0) is 19.6. The van der Waals surface area contributed by atoms with Gasteiger partial charge in [0.15, 0.2) is 0 Å². The Kier molecular flexibility index (Phi) is 4.13. The van der Waals surface area contributed by atoms with Crippen LogP contribution in [0.15, 0.2) is 24.3 Å². The molecule has 0 unspecified atom stereocenters. The summed E-state index contributed by atoms with van der Waals surface area (Å²) in [7, 11) is 0. The van der Waals surface area contributed by atoms with Gasteiger partial charge in [-0.15, -0.1) is 0 Å². The predicted molar refractivity (Wildman–Crippen MR) is 100 cm³/mol. The number of esters is 1. The van der Waals surface area contributed by atoms with Gasteiger partial charge in [-0.1, -0.05) is 20.8 Å². The van der Waals surface area contributed by atoms with Crippen molar-refractivity contribution in [1.82, 2.24) is 0 Å². The van der Waals surface area contributed by atoms with Crippen molar-refractivity contribution in [2.45, 2.75) is 76.8 Å². The summed E-state index contributed by atoms with van der Waals surface area (Å²) < 4.78 is 12.0. The Morgan fingerprint density at radius 1 is 1.19 bits per heavy atom. The summed E-state index contributed by atoms with van der Waals surface area (Å²) in [5.41, 5.74) is -0.826. The van der Waals surface area contributed by atoms with Crippen LogP contribution in [0.5, 0.6) is 5.75 Å². The lowest BCUT2D eigenvalue weighted by molar-refractivity contribution is -0.120. The predicted octanol–water partition coefficient (Wildman–Crippen LogP) is 3.67.